The first-order valence-corrected chi connectivity index (χ1v) is 7.27. The first-order valence-electron chi connectivity index (χ1n) is 7.27. The molecule has 1 aliphatic rings. The highest BCUT2D eigenvalue weighted by molar-refractivity contribution is 6.02. The zero-order valence-electron chi connectivity index (χ0n) is 11.6. The molecule has 21 heavy (non-hydrogen) atoms. The topological polar surface area (TPSA) is 30.0 Å². The highest BCUT2D eigenvalue weighted by Crippen LogP contribution is 2.30. The molecule has 102 valence electrons. The van der Waals surface area contributed by atoms with Crippen LogP contribution < -0.4 is 0 Å². The number of para-hydroxylation sites is 1. The zero-order valence-corrected chi connectivity index (χ0v) is 11.6. The number of hydrogen-bond donors (Lipinski definition) is 0. The van der Waals surface area contributed by atoms with Gasteiger partial charge in [-0.15, -0.1) is 0 Å². The van der Waals surface area contributed by atoms with E-state index < -0.39 is 0 Å². The molecule has 1 aromatic heterocycles. The number of Topliss-reactive ketones (excluding diaryl/α,β-unsaturated/α-hetero) is 1. The Kier molecular flexibility index (Phi) is 2.81. The van der Waals surface area contributed by atoms with E-state index in [0.29, 0.717) is 0 Å². The fourth-order valence-electron chi connectivity index (χ4n) is 3.28. The lowest BCUT2D eigenvalue weighted by Gasteiger charge is -2.10. The lowest BCUT2D eigenvalue weighted by atomic mass is 9.94. The number of aromatic nitrogens is 1. The van der Waals surface area contributed by atoms with E-state index in [-0.39, 0.29) is 11.7 Å². The van der Waals surface area contributed by atoms with E-state index in [1.54, 1.807) is 0 Å². The first-order chi connectivity index (χ1) is 10.3. The van der Waals surface area contributed by atoms with Gasteiger partial charge in [0.15, 0.2) is 5.78 Å². The van der Waals surface area contributed by atoms with Gasteiger partial charge >= 0.3 is 0 Å². The average molecular weight is 273 g/mol. The van der Waals surface area contributed by atoms with Crippen molar-refractivity contribution in [3.63, 3.8) is 0 Å². The third-order valence-electron chi connectivity index (χ3n) is 4.30. The second-order valence-electron chi connectivity index (χ2n) is 5.62. The predicted octanol–water partition coefficient (Wildman–Crippen LogP) is 3.83. The maximum atomic E-state index is 12.5. The van der Waals surface area contributed by atoms with E-state index in [1.165, 1.54) is 11.1 Å². The van der Waals surface area contributed by atoms with Crippen molar-refractivity contribution in [1.82, 2.24) is 4.98 Å². The molecular formula is C19H15NO. The molecule has 0 spiro atoms. The van der Waals surface area contributed by atoms with Crippen LogP contribution >= 0.6 is 0 Å². The summed E-state index contributed by atoms with van der Waals surface area (Å²) in [5.74, 6) is 0.327. The van der Waals surface area contributed by atoms with Gasteiger partial charge in [0.1, 0.15) is 0 Å². The average Bonchev–Trinajstić information content (AvgIpc) is 2.85. The Balaban J connectivity index is 1.70. The van der Waals surface area contributed by atoms with E-state index >= 15 is 0 Å². The number of benzene rings is 2. The Morgan fingerprint density at radius 1 is 1.00 bits per heavy atom. The summed E-state index contributed by atoms with van der Waals surface area (Å²) in [6.07, 6.45) is 3.43. The third-order valence-corrected chi connectivity index (χ3v) is 4.30. The van der Waals surface area contributed by atoms with E-state index in [0.717, 1.165) is 29.3 Å². The van der Waals surface area contributed by atoms with Gasteiger partial charge in [-0.3, -0.25) is 9.78 Å². The number of ketones is 1. The van der Waals surface area contributed by atoms with Crippen molar-refractivity contribution in [2.24, 2.45) is 5.92 Å². The van der Waals surface area contributed by atoms with Gasteiger partial charge < -0.3 is 0 Å². The van der Waals surface area contributed by atoms with Gasteiger partial charge in [0, 0.05) is 23.1 Å². The second kappa shape index (κ2) is 4.81. The van der Waals surface area contributed by atoms with E-state index in [9.17, 15) is 4.79 Å². The lowest BCUT2D eigenvalue weighted by Crippen LogP contribution is -2.12. The highest BCUT2D eigenvalue weighted by Gasteiger charge is 2.30. The molecule has 1 unspecified atom stereocenters. The number of hydrogen-bond acceptors (Lipinski definition) is 2. The minimum absolute atomic E-state index is 0.0509. The fourth-order valence-corrected chi connectivity index (χ4v) is 3.28. The normalized spacial score (nSPS) is 17.1. The van der Waals surface area contributed by atoms with E-state index in [1.807, 2.05) is 36.5 Å². The Bertz CT molecular complexity index is 832. The van der Waals surface area contributed by atoms with Gasteiger partial charge in [-0.25, -0.2) is 0 Å². The molecule has 0 aliphatic heterocycles. The lowest BCUT2D eigenvalue weighted by molar-refractivity contribution is 0.0936. The maximum absolute atomic E-state index is 12.5. The molecule has 2 heteroatoms. The number of rotatable bonds is 2. The van der Waals surface area contributed by atoms with Crippen LogP contribution in [0.3, 0.4) is 0 Å². The monoisotopic (exact) mass is 273 g/mol. The Hall–Kier alpha value is -2.48. The van der Waals surface area contributed by atoms with Gasteiger partial charge in [0.2, 0.25) is 0 Å². The van der Waals surface area contributed by atoms with Crippen molar-refractivity contribution in [1.29, 1.82) is 0 Å². The van der Waals surface area contributed by atoms with Crippen LogP contribution in [0.25, 0.3) is 10.9 Å². The van der Waals surface area contributed by atoms with Gasteiger partial charge in [0.25, 0.3) is 0 Å². The third kappa shape index (κ3) is 2.04. The van der Waals surface area contributed by atoms with Crippen LogP contribution in [0.4, 0.5) is 0 Å². The standard InChI is InChI=1S/C19H15NO/c21-19-16(11-14-5-1-2-9-17(14)19)12-15-7-3-6-13-8-4-10-20-18(13)15/h1-10,16H,11-12H2. The number of nitrogens with zero attached hydrogens (tertiary/aromatic N) is 1. The minimum atomic E-state index is 0.0509. The molecule has 1 heterocycles. The SMILES string of the molecule is O=C1c2ccccc2CC1Cc1cccc2cccnc12. The molecule has 3 aromatic rings. The summed E-state index contributed by atoms with van der Waals surface area (Å²) in [6, 6.07) is 18.2. The number of fused-ring (bicyclic) bond motifs is 2. The highest BCUT2D eigenvalue weighted by atomic mass is 16.1. The van der Waals surface area contributed by atoms with Crippen molar-refractivity contribution in [2.75, 3.05) is 0 Å². The van der Waals surface area contributed by atoms with Crippen LogP contribution in [0.15, 0.2) is 60.8 Å². The van der Waals surface area contributed by atoms with Crippen LogP contribution in [-0.2, 0) is 12.8 Å². The molecule has 0 saturated heterocycles. The molecule has 1 atom stereocenters. The van der Waals surface area contributed by atoms with Gasteiger partial charge in [0.05, 0.1) is 5.52 Å². The minimum Gasteiger partial charge on any atom is -0.294 e. The van der Waals surface area contributed by atoms with Crippen LogP contribution in [0.1, 0.15) is 21.5 Å². The summed E-state index contributed by atoms with van der Waals surface area (Å²) in [6.45, 7) is 0. The van der Waals surface area contributed by atoms with E-state index in [2.05, 4.69) is 29.2 Å². The molecule has 0 amide bonds. The molecule has 0 N–H and O–H groups in total. The summed E-state index contributed by atoms with van der Waals surface area (Å²) in [7, 11) is 0. The van der Waals surface area contributed by atoms with Crippen LogP contribution in [-0.4, -0.2) is 10.8 Å². The van der Waals surface area contributed by atoms with E-state index in [4.69, 9.17) is 0 Å². The molecule has 4 rings (SSSR count). The Morgan fingerprint density at radius 3 is 2.76 bits per heavy atom. The predicted molar refractivity (Wildman–Crippen MR) is 83.4 cm³/mol. The molecule has 0 saturated carbocycles. The molecule has 0 fully saturated rings. The van der Waals surface area contributed by atoms with Gasteiger partial charge in [-0.2, -0.15) is 0 Å². The van der Waals surface area contributed by atoms with Crippen LogP contribution in [0.5, 0.6) is 0 Å². The Labute approximate surface area is 123 Å². The largest absolute Gasteiger partial charge is 0.294 e. The van der Waals surface area contributed by atoms with Crippen LogP contribution in [0, 0.1) is 5.92 Å². The molecule has 1 aliphatic carbocycles. The molecule has 0 bridgehead atoms. The smallest absolute Gasteiger partial charge is 0.166 e. The number of carbonyl (C=O) groups excluding carboxylic acids is 1. The molecular weight excluding hydrogens is 258 g/mol. The second-order valence-corrected chi connectivity index (χ2v) is 5.62. The number of carbonyl (C=O) groups is 1. The summed E-state index contributed by atoms with van der Waals surface area (Å²) in [5, 5.41) is 1.14. The van der Waals surface area contributed by atoms with Crippen molar-refractivity contribution in [3.8, 4) is 0 Å². The first kappa shape index (κ1) is 12.3. The summed E-state index contributed by atoms with van der Waals surface area (Å²) < 4.78 is 0. The van der Waals surface area contributed by atoms with Gasteiger partial charge in [-0.05, 0) is 30.0 Å². The molecule has 2 aromatic carbocycles. The van der Waals surface area contributed by atoms with Crippen molar-refractivity contribution < 1.29 is 4.79 Å². The number of pyridine rings is 1. The fraction of sp³-hybridized carbons (Fsp3) is 0.158. The summed E-state index contributed by atoms with van der Waals surface area (Å²) in [4.78, 5) is 17.0. The zero-order chi connectivity index (χ0) is 14.2. The van der Waals surface area contributed by atoms with Gasteiger partial charge in [-0.1, -0.05) is 48.5 Å². The Morgan fingerprint density at radius 2 is 1.86 bits per heavy atom. The maximum Gasteiger partial charge on any atom is 0.166 e. The quantitative estimate of drug-likeness (QED) is 0.710. The molecule has 2 nitrogen and oxygen atoms in total. The van der Waals surface area contributed by atoms with Crippen molar-refractivity contribution >= 4 is 16.7 Å². The molecule has 0 radical (unpaired) electrons. The summed E-state index contributed by atoms with van der Waals surface area (Å²) >= 11 is 0. The summed E-state index contributed by atoms with van der Waals surface area (Å²) in [5.41, 5.74) is 4.26. The van der Waals surface area contributed by atoms with Crippen molar-refractivity contribution in [3.05, 3.63) is 77.5 Å². The van der Waals surface area contributed by atoms with Crippen LogP contribution in [0.2, 0.25) is 0 Å². The van der Waals surface area contributed by atoms with Crippen molar-refractivity contribution in [2.45, 2.75) is 12.8 Å².